The molecule has 8 nitrogen and oxygen atoms in total. The van der Waals surface area contributed by atoms with Crippen molar-refractivity contribution >= 4 is 38.4 Å². The highest BCUT2D eigenvalue weighted by molar-refractivity contribution is 7.92. The van der Waals surface area contributed by atoms with Crippen LogP contribution in [0.4, 0.5) is 11.4 Å². The summed E-state index contributed by atoms with van der Waals surface area (Å²) >= 11 is 0. The first kappa shape index (κ1) is 19.5. The van der Waals surface area contributed by atoms with Crippen LogP contribution in [0.2, 0.25) is 0 Å². The number of benzene rings is 2. The van der Waals surface area contributed by atoms with E-state index in [9.17, 15) is 18.3 Å². The van der Waals surface area contributed by atoms with E-state index in [0.717, 1.165) is 28.3 Å². The molecule has 9 heteroatoms. The van der Waals surface area contributed by atoms with Crippen LogP contribution in [0, 0.1) is 0 Å². The predicted octanol–water partition coefficient (Wildman–Crippen LogP) is 3.55. The molecule has 0 aliphatic rings. The van der Waals surface area contributed by atoms with Gasteiger partial charge in [0.15, 0.2) is 0 Å². The highest BCUT2D eigenvalue weighted by Crippen LogP contribution is 2.33. The molecular weight excluding hydrogens is 404 g/mol. The van der Waals surface area contributed by atoms with Gasteiger partial charge in [0, 0.05) is 40.3 Å². The second kappa shape index (κ2) is 7.20. The summed E-state index contributed by atoms with van der Waals surface area (Å²) < 4.78 is 25.5. The van der Waals surface area contributed by atoms with Crippen molar-refractivity contribution in [3.63, 3.8) is 0 Å². The minimum absolute atomic E-state index is 0.100. The molecule has 5 N–H and O–H groups in total. The maximum Gasteiger partial charge on any atom is 0.335 e. The number of nitrogens with zero attached hydrogens (tertiary/aromatic N) is 1. The van der Waals surface area contributed by atoms with Gasteiger partial charge in [-0.25, -0.2) is 18.2 Å². The van der Waals surface area contributed by atoms with E-state index in [1.807, 2.05) is 12.1 Å². The molecule has 0 spiro atoms. The zero-order valence-electron chi connectivity index (χ0n) is 15.9. The number of fused-ring (bicyclic) bond motifs is 1. The van der Waals surface area contributed by atoms with Gasteiger partial charge in [-0.3, -0.25) is 4.72 Å². The van der Waals surface area contributed by atoms with Crippen molar-refractivity contribution in [3.05, 3.63) is 66.5 Å². The minimum atomic E-state index is -3.39. The van der Waals surface area contributed by atoms with E-state index in [1.165, 1.54) is 6.07 Å². The number of anilines is 2. The third-order valence-corrected chi connectivity index (χ3v) is 5.15. The highest BCUT2D eigenvalue weighted by atomic mass is 32.2. The number of H-pyrrole nitrogens is 1. The lowest BCUT2D eigenvalue weighted by atomic mass is 10.00. The summed E-state index contributed by atoms with van der Waals surface area (Å²) in [5, 5.41) is 10.1. The van der Waals surface area contributed by atoms with E-state index < -0.39 is 16.0 Å². The number of rotatable bonds is 5. The van der Waals surface area contributed by atoms with Crippen LogP contribution in [-0.4, -0.2) is 35.7 Å². The van der Waals surface area contributed by atoms with Gasteiger partial charge < -0.3 is 15.8 Å². The van der Waals surface area contributed by atoms with Crippen molar-refractivity contribution in [2.45, 2.75) is 0 Å². The van der Waals surface area contributed by atoms with E-state index in [0.29, 0.717) is 22.6 Å². The van der Waals surface area contributed by atoms with Gasteiger partial charge in [-0.05, 0) is 47.5 Å². The average Bonchev–Trinajstić information content (AvgIpc) is 3.09. The molecule has 0 aliphatic carbocycles. The molecule has 0 aliphatic heterocycles. The number of nitrogens with two attached hydrogens (primary N) is 1. The smallest absolute Gasteiger partial charge is 0.335 e. The lowest BCUT2D eigenvalue weighted by molar-refractivity contribution is 0.0697. The molecule has 0 unspecified atom stereocenters. The Morgan fingerprint density at radius 1 is 1.10 bits per heavy atom. The molecule has 0 radical (unpaired) electrons. The lowest BCUT2D eigenvalue weighted by Crippen LogP contribution is -2.09. The van der Waals surface area contributed by atoms with Gasteiger partial charge >= 0.3 is 5.97 Å². The van der Waals surface area contributed by atoms with Gasteiger partial charge in [0.1, 0.15) is 5.65 Å². The third-order valence-electron chi connectivity index (χ3n) is 4.54. The summed E-state index contributed by atoms with van der Waals surface area (Å²) in [5.41, 5.74) is 10.4. The monoisotopic (exact) mass is 422 g/mol. The highest BCUT2D eigenvalue weighted by Gasteiger charge is 2.13. The molecule has 2 aromatic heterocycles. The molecule has 4 aromatic rings. The van der Waals surface area contributed by atoms with E-state index in [4.69, 9.17) is 5.73 Å². The molecule has 4 rings (SSSR count). The van der Waals surface area contributed by atoms with Crippen LogP contribution in [0.25, 0.3) is 33.3 Å². The number of aromatic carboxylic acids is 1. The molecule has 2 aromatic carbocycles. The second-order valence-electron chi connectivity index (χ2n) is 6.93. The fourth-order valence-electron chi connectivity index (χ4n) is 3.31. The molecule has 2 heterocycles. The molecule has 0 saturated heterocycles. The molecule has 30 heavy (non-hydrogen) atoms. The summed E-state index contributed by atoms with van der Waals surface area (Å²) in [4.78, 5) is 18.9. The van der Waals surface area contributed by atoms with Crippen LogP contribution in [0.5, 0.6) is 0 Å². The van der Waals surface area contributed by atoms with Crippen molar-refractivity contribution in [1.29, 1.82) is 0 Å². The number of pyridine rings is 1. The van der Waals surface area contributed by atoms with Crippen LogP contribution in [-0.2, 0) is 10.0 Å². The topological polar surface area (TPSA) is 138 Å². The van der Waals surface area contributed by atoms with Gasteiger partial charge in [-0.2, -0.15) is 0 Å². The Bertz CT molecular complexity index is 1390. The molecule has 0 bridgehead atoms. The Balaban J connectivity index is 1.82. The molecule has 152 valence electrons. The molecule has 0 fully saturated rings. The molecule has 0 saturated carbocycles. The lowest BCUT2D eigenvalue weighted by Gasteiger charge is -2.08. The largest absolute Gasteiger partial charge is 0.478 e. The maximum atomic E-state index is 11.5. The molecule has 0 atom stereocenters. The van der Waals surface area contributed by atoms with Crippen LogP contribution < -0.4 is 10.5 Å². The summed E-state index contributed by atoms with van der Waals surface area (Å²) in [6, 6.07) is 13.6. The Kier molecular flexibility index (Phi) is 4.67. The first-order valence-corrected chi connectivity index (χ1v) is 10.8. The fraction of sp³-hybridized carbons (Fsp3) is 0.0476. The van der Waals surface area contributed by atoms with E-state index in [1.54, 1.807) is 42.7 Å². The zero-order chi connectivity index (χ0) is 21.5. The predicted molar refractivity (Wildman–Crippen MR) is 117 cm³/mol. The quantitative estimate of drug-likeness (QED) is 0.363. The number of carboxylic acids is 1. The van der Waals surface area contributed by atoms with E-state index in [-0.39, 0.29) is 5.56 Å². The SMILES string of the molecule is CS(=O)(=O)Nc1cccc(-c2cnc3[nH]cc(-c4cc(N)cc(C(=O)O)c4)c3c2)c1. The van der Waals surface area contributed by atoms with Crippen LogP contribution in [0.15, 0.2) is 60.9 Å². The van der Waals surface area contributed by atoms with Crippen molar-refractivity contribution in [2.75, 3.05) is 16.7 Å². The number of carboxylic acid groups (broad SMARTS) is 1. The number of hydrogen-bond donors (Lipinski definition) is 4. The number of aromatic nitrogens is 2. The van der Waals surface area contributed by atoms with Gasteiger partial charge in [-0.15, -0.1) is 0 Å². The summed E-state index contributed by atoms with van der Waals surface area (Å²) in [5.74, 6) is -1.06. The standard InChI is InChI=1S/C21H18N4O4S/c1-30(28,29)25-17-4-2-3-12(8-17)15-9-18-19(11-24-20(18)23-10-15)13-5-14(21(26)27)7-16(22)6-13/h2-11,25H,22H2,1H3,(H,23,24)(H,26,27). The number of aromatic amines is 1. The van der Waals surface area contributed by atoms with Gasteiger partial charge in [0.2, 0.25) is 10.0 Å². The van der Waals surface area contributed by atoms with Crippen molar-refractivity contribution in [3.8, 4) is 22.3 Å². The van der Waals surface area contributed by atoms with Gasteiger partial charge in [0.25, 0.3) is 0 Å². The Hall–Kier alpha value is -3.85. The van der Waals surface area contributed by atoms with Crippen LogP contribution in [0.1, 0.15) is 10.4 Å². The average molecular weight is 422 g/mol. The van der Waals surface area contributed by atoms with Crippen molar-refractivity contribution < 1.29 is 18.3 Å². The van der Waals surface area contributed by atoms with Gasteiger partial charge in [0.05, 0.1) is 11.8 Å². The Morgan fingerprint density at radius 2 is 1.90 bits per heavy atom. The summed E-state index contributed by atoms with van der Waals surface area (Å²) in [6.07, 6.45) is 4.53. The van der Waals surface area contributed by atoms with Gasteiger partial charge in [-0.1, -0.05) is 12.1 Å². The number of sulfonamides is 1. The normalized spacial score (nSPS) is 11.5. The van der Waals surface area contributed by atoms with Crippen LogP contribution in [0.3, 0.4) is 0 Å². The minimum Gasteiger partial charge on any atom is -0.478 e. The second-order valence-corrected chi connectivity index (χ2v) is 8.67. The molecule has 0 amide bonds. The van der Waals surface area contributed by atoms with E-state index >= 15 is 0 Å². The Labute approximate surface area is 172 Å². The first-order valence-electron chi connectivity index (χ1n) is 8.89. The number of nitrogen functional groups attached to an aromatic ring is 1. The number of hydrogen-bond acceptors (Lipinski definition) is 5. The van der Waals surface area contributed by atoms with Crippen LogP contribution >= 0.6 is 0 Å². The van der Waals surface area contributed by atoms with Crippen molar-refractivity contribution in [1.82, 2.24) is 9.97 Å². The number of carbonyl (C=O) groups is 1. The fourth-order valence-corrected chi connectivity index (χ4v) is 3.86. The first-order chi connectivity index (χ1) is 14.2. The third kappa shape index (κ3) is 3.96. The van der Waals surface area contributed by atoms with Crippen molar-refractivity contribution in [2.24, 2.45) is 0 Å². The maximum absolute atomic E-state index is 11.5. The number of nitrogens with one attached hydrogen (secondary N) is 2. The molecular formula is C21H18N4O4S. The summed E-state index contributed by atoms with van der Waals surface area (Å²) in [6.45, 7) is 0. The zero-order valence-corrected chi connectivity index (χ0v) is 16.7. The van der Waals surface area contributed by atoms with E-state index in [2.05, 4.69) is 14.7 Å². The Morgan fingerprint density at radius 3 is 2.63 bits per heavy atom. The summed E-state index contributed by atoms with van der Waals surface area (Å²) in [7, 11) is -3.39.